The van der Waals surface area contributed by atoms with E-state index < -0.39 is 0 Å². The second-order valence-electron chi connectivity index (χ2n) is 5.67. The van der Waals surface area contributed by atoms with Gasteiger partial charge in [-0.3, -0.25) is 0 Å². The summed E-state index contributed by atoms with van der Waals surface area (Å²) in [6.07, 6.45) is 1.98. The molecular weight excluding hydrogens is 294 g/mol. The van der Waals surface area contributed by atoms with Gasteiger partial charge < -0.3 is 14.8 Å². The van der Waals surface area contributed by atoms with Gasteiger partial charge in [0, 0.05) is 59.7 Å². The molecule has 4 heteroatoms. The Kier molecular flexibility index (Phi) is 3.43. The van der Waals surface area contributed by atoms with E-state index in [0.29, 0.717) is 0 Å². The molecule has 1 saturated heterocycles. The number of aromatic nitrogens is 1. The molecule has 0 saturated carbocycles. The van der Waals surface area contributed by atoms with Gasteiger partial charge in [-0.1, -0.05) is 29.8 Å². The Balaban J connectivity index is 1.57. The van der Waals surface area contributed by atoms with Gasteiger partial charge in [0.25, 0.3) is 0 Å². The normalized spacial score (nSPS) is 15.5. The molecule has 4 rings (SSSR count). The third-order valence-corrected chi connectivity index (χ3v) is 4.57. The number of anilines is 2. The lowest BCUT2D eigenvalue weighted by molar-refractivity contribution is 0.655. The van der Waals surface area contributed by atoms with Crippen LogP contribution in [0.5, 0.6) is 0 Å². The number of rotatable bonds is 2. The standard InChI is InChI=1S/C18H18ClN3/c19-14-12-17-16(6-7-20-17)18(13-14)22-10-8-21(9-11-22)15-4-2-1-3-5-15/h1-7,12-13,20H,8-11H2. The molecule has 2 heterocycles. The van der Waals surface area contributed by atoms with Crippen LogP contribution in [0.2, 0.25) is 5.02 Å². The molecule has 1 N–H and O–H groups in total. The minimum Gasteiger partial charge on any atom is -0.368 e. The SMILES string of the molecule is Clc1cc(N2CCN(c3ccccc3)CC2)c2cc[nH]c2c1. The molecule has 0 radical (unpaired) electrons. The van der Waals surface area contributed by atoms with E-state index in [-0.39, 0.29) is 0 Å². The van der Waals surface area contributed by atoms with Crippen LogP contribution in [-0.2, 0) is 0 Å². The predicted molar refractivity (Wildman–Crippen MR) is 94.2 cm³/mol. The van der Waals surface area contributed by atoms with Crippen molar-refractivity contribution in [3.8, 4) is 0 Å². The van der Waals surface area contributed by atoms with Gasteiger partial charge in [-0.05, 0) is 30.3 Å². The number of fused-ring (bicyclic) bond motifs is 1. The molecule has 3 nitrogen and oxygen atoms in total. The maximum Gasteiger partial charge on any atom is 0.0489 e. The number of halogens is 1. The van der Waals surface area contributed by atoms with E-state index in [1.165, 1.54) is 16.8 Å². The van der Waals surface area contributed by atoms with Gasteiger partial charge in [0.15, 0.2) is 0 Å². The molecule has 1 aliphatic rings. The first-order valence-corrected chi connectivity index (χ1v) is 8.01. The van der Waals surface area contributed by atoms with E-state index in [9.17, 15) is 0 Å². The zero-order chi connectivity index (χ0) is 14.9. The molecule has 0 spiro atoms. The van der Waals surface area contributed by atoms with Crippen LogP contribution in [0, 0.1) is 0 Å². The lowest BCUT2D eigenvalue weighted by Gasteiger charge is -2.37. The number of nitrogens with one attached hydrogen (secondary N) is 1. The van der Waals surface area contributed by atoms with E-state index in [2.05, 4.69) is 57.2 Å². The van der Waals surface area contributed by atoms with E-state index in [0.717, 1.165) is 36.7 Å². The Morgan fingerprint density at radius 3 is 2.36 bits per heavy atom. The number of nitrogens with zero attached hydrogens (tertiary/aromatic N) is 2. The number of aromatic amines is 1. The summed E-state index contributed by atoms with van der Waals surface area (Å²) in [7, 11) is 0. The molecule has 22 heavy (non-hydrogen) atoms. The quantitative estimate of drug-likeness (QED) is 0.768. The lowest BCUT2D eigenvalue weighted by atomic mass is 10.1. The van der Waals surface area contributed by atoms with E-state index in [4.69, 9.17) is 11.6 Å². The molecule has 1 aromatic heterocycles. The molecule has 0 aliphatic carbocycles. The van der Waals surface area contributed by atoms with Gasteiger partial charge in [0.1, 0.15) is 0 Å². The Morgan fingerprint density at radius 2 is 1.59 bits per heavy atom. The first-order chi connectivity index (χ1) is 10.8. The van der Waals surface area contributed by atoms with Crippen molar-refractivity contribution in [1.82, 2.24) is 4.98 Å². The molecular formula is C18H18ClN3. The topological polar surface area (TPSA) is 22.3 Å². The number of hydrogen-bond acceptors (Lipinski definition) is 2. The van der Waals surface area contributed by atoms with Crippen LogP contribution in [0.1, 0.15) is 0 Å². The van der Waals surface area contributed by atoms with Crippen molar-refractivity contribution in [2.45, 2.75) is 0 Å². The van der Waals surface area contributed by atoms with Crippen molar-refractivity contribution in [1.29, 1.82) is 0 Å². The zero-order valence-corrected chi connectivity index (χ0v) is 13.1. The molecule has 112 valence electrons. The molecule has 0 bridgehead atoms. The summed E-state index contributed by atoms with van der Waals surface area (Å²) >= 11 is 6.27. The van der Waals surface area contributed by atoms with E-state index in [1.807, 2.05) is 12.3 Å². The summed E-state index contributed by atoms with van der Waals surface area (Å²) in [5.74, 6) is 0. The number of para-hydroxylation sites is 1. The van der Waals surface area contributed by atoms with Crippen LogP contribution in [-0.4, -0.2) is 31.2 Å². The molecule has 2 aromatic carbocycles. The third kappa shape index (κ3) is 2.42. The van der Waals surface area contributed by atoms with Crippen molar-refractivity contribution in [3.63, 3.8) is 0 Å². The number of H-pyrrole nitrogens is 1. The fourth-order valence-corrected chi connectivity index (χ4v) is 3.43. The van der Waals surface area contributed by atoms with Gasteiger partial charge in [0.05, 0.1) is 0 Å². The van der Waals surface area contributed by atoms with Crippen molar-refractivity contribution in [2.75, 3.05) is 36.0 Å². The summed E-state index contributed by atoms with van der Waals surface area (Å²) in [6, 6.07) is 16.8. The van der Waals surface area contributed by atoms with Crippen LogP contribution in [0.15, 0.2) is 54.7 Å². The van der Waals surface area contributed by atoms with Gasteiger partial charge in [-0.25, -0.2) is 0 Å². The summed E-state index contributed by atoms with van der Waals surface area (Å²) in [5, 5.41) is 2.04. The maximum absolute atomic E-state index is 6.27. The number of benzene rings is 2. The van der Waals surface area contributed by atoms with Crippen molar-refractivity contribution < 1.29 is 0 Å². The Labute approximate surface area is 135 Å². The van der Waals surface area contributed by atoms with Crippen LogP contribution in [0.25, 0.3) is 10.9 Å². The zero-order valence-electron chi connectivity index (χ0n) is 12.3. The minimum atomic E-state index is 0.787. The number of hydrogen-bond donors (Lipinski definition) is 1. The van der Waals surface area contributed by atoms with Crippen LogP contribution < -0.4 is 9.80 Å². The highest BCUT2D eigenvalue weighted by Gasteiger charge is 2.19. The van der Waals surface area contributed by atoms with Crippen molar-refractivity contribution in [3.05, 3.63) is 59.8 Å². The van der Waals surface area contributed by atoms with Gasteiger partial charge >= 0.3 is 0 Å². The van der Waals surface area contributed by atoms with Gasteiger partial charge in [0.2, 0.25) is 0 Å². The van der Waals surface area contributed by atoms with Crippen molar-refractivity contribution in [2.24, 2.45) is 0 Å². The average Bonchev–Trinajstić information content (AvgIpc) is 3.03. The average molecular weight is 312 g/mol. The summed E-state index contributed by atoms with van der Waals surface area (Å²) in [6.45, 7) is 4.08. The Morgan fingerprint density at radius 1 is 0.864 bits per heavy atom. The Bertz CT molecular complexity index is 773. The highest BCUT2D eigenvalue weighted by atomic mass is 35.5. The minimum absolute atomic E-state index is 0.787. The van der Waals surface area contributed by atoms with Gasteiger partial charge in [-0.15, -0.1) is 0 Å². The molecule has 0 unspecified atom stereocenters. The Hall–Kier alpha value is -2.13. The predicted octanol–water partition coefficient (Wildman–Crippen LogP) is 4.15. The first-order valence-electron chi connectivity index (χ1n) is 7.63. The van der Waals surface area contributed by atoms with E-state index >= 15 is 0 Å². The molecule has 0 atom stereocenters. The second kappa shape index (κ2) is 5.58. The summed E-state index contributed by atoms with van der Waals surface area (Å²) < 4.78 is 0. The smallest absolute Gasteiger partial charge is 0.0489 e. The maximum atomic E-state index is 6.27. The molecule has 1 aliphatic heterocycles. The first kappa shape index (κ1) is 13.5. The van der Waals surface area contributed by atoms with Crippen LogP contribution in [0.4, 0.5) is 11.4 Å². The van der Waals surface area contributed by atoms with Crippen LogP contribution >= 0.6 is 11.6 Å². The fraction of sp³-hybridized carbons (Fsp3) is 0.222. The lowest BCUT2D eigenvalue weighted by Crippen LogP contribution is -2.46. The molecule has 0 amide bonds. The highest BCUT2D eigenvalue weighted by molar-refractivity contribution is 6.31. The largest absolute Gasteiger partial charge is 0.368 e. The number of piperazine rings is 1. The fourth-order valence-electron chi connectivity index (χ4n) is 3.22. The van der Waals surface area contributed by atoms with Crippen molar-refractivity contribution >= 4 is 33.9 Å². The van der Waals surface area contributed by atoms with E-state index in [1.54, 1.807) is 0 Å². The summed E-state index contributed by atoms with van der Waals surface area (Å²) in [4.78, 5) is 8.12. The highest BCUT2D eigenvalue weighted by Crippen LogP contribution is 2.31. The third-order valence-electron chi connectivity index (χ3n) is 4.35. The van der Waals surface area contributed by atoms with Crippen LogP contribution in [0.3, 0.4) is 0 Å². The summed E-state index contributed by atoms with van der Waals surface area (Å²) in [5.41, 5.74) is 3.64. The molecule has 1 fully saturated rings. The molecule has 3 aromatic rings. The second-order valence-corrected chi connectivity index (χ2v) is 6.11. The monoisotopic (exact) mass is 311 g/mol. The van der Waals surface area contributed by atoms with Gasteiger partial charge in [-0.2, -0.15) is 0 Å².